The highest BCUT2D eigenvalue weighted by atomic mass is 19.1. The maximum atomic E-state index is 13.6. The van der Waals surface area contributed by atoms with Gasteiger partial charge in [-0.15, -0.1) is 0 Å². The van der Waals surface area contributed by atoms with Crippen LogP contribution in [0.3, 0.4) is 0 Å². The quantitative estimate of drug-likeness (QED) is 0.565. The van der Waals surface area contributed by atoms with Gasteiger partial charge in [0.15, 0.2) is 12.1 Å². The van der Waals surface area contributed by atoms with Crippen LogP contribution in [0.15, 0.2) is 12.1 Å². The number of carbonyl (C=O) groups excluding carboxylic acids is 2. The van der Waals surface area contributed by atoms with Gasteiger partial charge in [-0.2, -0.15) is 0 Å². The van der Waals surface area contributed by atoms with E-state index < -0.39 is 11.6 Å². The highest BCUT2D eigenvalue weighted by Crippen LogP contribution is 2.24. The van der Waals surface area contributed by atoms with Crippen LogP contribution in [0.4, 0.5) is 4.39 Å². The monoisotopic (exact) mass is 210 g/mol. The summed E-state index contributed by atoms with van der Waals surface area (Å²) in [6, 6.07) is 2.72. The number of benzene rings is 1. The Bertz CT molecular complexity index is 399. The summed E-state index contributed by atoms with van der Waals surface area (Å²) < 4.78 is 18.7. The molecular weight excluding hydrogens is 199 g/mol. The van der Waals surface area contributed by atoms with Crippen LogP contribution in [0.5, 0.6) is 5.75 Å². The Morgan fingerprint density at radius 3 is 2.67 bits per heavy atom. The lowest BCUT2D eigenvalue weighted by atomic mass is 10.1. The molecule has 0 bridgehead atoms. The highest BCUT2D eigenvalue weighted by molar-refractivity contribution is 5.98. The molecule has 0 radical (unpaired) electrons. The van der Waals surface area contributed by atoms with E-state index in [1.807, 2.05) is 0 Å². The van der Waals surface area contributed by atoms with E-state index in [-0.39, 0.29) is 16.9 Å². The Hall–Kier alpha value is -1.71. The van der Waals surface area contributed by atoms with Crippen molar-refractivity contribution in [2.24, 2.45) is 0 Å². The molecule has 1 aromatic rings. The second kappa shape index (κ2) is 4.68. The van der Waals surface area contributed by atoms with Crippen molar-refractivity contribution in [3.63, 3.8) is 0 Å². The van der Waals surface area contributed by atoms with Crippen LogP contribution in [0.1, 0.15) is 34.6 Å². The molecule has 0 saturated heterocycles. The van der Waals surface area contributed by atoms with E-state index in [0.29, 0.717) is 12.9 Å². The SMILES string of the molecule is CCOc1ccc(C=O)c(F)c1C(C)=O. The molecular formula is C11H11FO3. The van der Waals surface area contributed by atoms with Crippen molar-refractivity contribution < 1.29 is 18.7 Å². The first kappa shape index (κ1) is 11.4. The van der Waals surface area contributed by atoms with Crippen molar-refractivity contribution in [3.05, 3.63) is 29.1 Å². The smallest absolute Gasteiger partial charge is 0.166 e. The molecule has 0 saturated carbocycles. The van der Waals surface area contributed by atoms with E-state index in [1.54, 1.807) is 6.92 Å². The third-order valence-corrected chi connectivity index (χ3v) is 1.91. The number of carbonyl (C=O) groups is 2. The molecule has 80 valence electrons. The van der Waals surface area contributed by atoms with Crippen LogP contribution in [-0.4, -0.2) is 18.7 Å². The fourth-order valence-electron chi connectivity index (χ4n) is 1.27. The molecule has 0 heterocycles. The molecule has 0 spiro atoms. The lowest BCUT2D eigenvalue weighted by Crippen LogP contribution is -2.06. The summed E-state index contributed by atoms with van der Waals surface area (Å²) in [5, 5.41) is 0. The first-order valence-electron chi connectivity index (χ1n) is 4.53. The minimum absolute atomic E-state index is 0.136. The van der Waals surface area contributed by atoms with E-state index in [9.17, 15) is 14.0 Å². The fraction of sp³-hybridized carbons (Fsp3) is 0.273. The van der Waals surface area contributed by atoms with Gasteiger partial charge in [0, 0.05) is 0 Å². The zero-order valence-corrected chi connectivity index (χ0v) is 8.54. The van der Waals surface area contributed by atoms with Crippen LogP contribution in [0.25, 0.3) is 0 Å². The molecule has 1 rings (SSSR count). The molecule has 0 aliphatic carbocycles. The number of aldehydes is 1. The molecule has 0 atom stereocenters. The number of rotatable bonds is 4. The van der Waals surface area contributed by atoms with Crippen molar-refractivity contribution in [2.75, 3.05) is 6.61 Å². The summed E-state index contributed by atoms with van der Waals surface area (Å²) in [4.78, 5) is 21.7. The number of hydrogen-bond acceptors (Lipinski definition) is 3. The molecule has 1 aromatic carbocycles. The van der Waals surface area contributed by atoms with Crippen molar-refractivity contribution >= 4 is 12.1 Å². The molecule has 0 fully saturated rings. The van der Waals surface area contributed by atoms with E-state index in [4.69, 9.17) is 4.74 Å². The minimum Gasteiger partial charge on any atom is -0.493 e. The van der Waals surface area contributed by atoms with Crippen LogP contribution in [-0.2, 0) is 0 Å². The van der Waals surface area contributed by atoms with Crippen LogP contribution in [0, 0.1) is 5.82 Å². The standard InChI is InChI=1S/C11H11FO3/c1-3-15-9-5-4-8(6-13)11(12)10(9)7(2)14/h4-6H,3H2,1-2H3. The van der Waals surface area contributed by atoms with Crippen molar-refractivity contribution in [1.29, 1.82) is 0 Å². The summed E-state index contributed by atoms with van der Waals surface area (Å²) in [7, 11) is 0. The van der Waals surface area contributed by atoms with Gasteiger partial charge in [-0.25, -0.2) is 4.39 Å². The second-order valence-electron chi connectivity index (χ2n) is 2.95. The molecule has 0 aromatic heterocycles. The number of hydrogen-bond donors (Lipinski definition) is 0. The molecule has 0 amide bonds. The van der Waals surface area contributed by atoms with Crippen LogP contribution < -0.4 is 4.74 Å². The predicted octanol–water partition coefficient (Wildman–Crippen LogP) is 2.24. The van der Waals surface area contributed by atoms with Gasteiger partial charge in [-0.3, -0.25) is 9.59 Å². The third-order valence-electron chi connectivity index (χ3n) is 1.91. The van der Waals surface area contributed by atoms with E-state index in [0.717, 1.165) is 0 Å². The number of ketones is 1. The number of Topliss-reactive ketones (excluding diaryl/α,β-unsaturated/α-hetero) is 1. The Morgan fingerprint density at radius 1 is 1.53 bits per heavy atom. The zero-order chi connectivity index (χ0) is 11.4. The Morgan fingerprint density at radius 2 is 2.20 bits per heavy atom. The third kappa shape index (κ3) is 2.21. The molecule has 0 unspecified atom stereocenters. The first-order valence-corrected chi connectivity index (χ1v) is 4.53. The topological polar surface area (TPSA) is 43.4 Å². The predicted molar refractivity (Wildman–Crippen MR) is 53.0 cm³/mol. The maximum absolute atomic E-state index is 13.6. The summed E-state index contributed by atoms with van der Waals surface area (Å²) in [5.74, 6) is -1.10. The zero-order valence-electron chi connectivity index (χ0n) is 8.54. The summed E-state index contributed by atoms with van der Waals surface area (Å²) in [6.07, 6.45) is 0.373. The minimum atomic E-state index is -0.816. The molecule has 15 heavy (non-hydrogen) atoms. The van der Waals surface area contributed by atoms with E-state index in [2.05, 4.69) is 0 Å². The molecule has 3 nitrogen and oxygen atoms in total. The van der Waals surface area contributed by atoms with Gasteiger partial charge in [-0.1, -0.05) is 0 Å². The maximum Gasteiger partial charge on any atom is 0.166 e. The largest absolute Gasteiger partial charge is 0.493 e. The van der Waals surface area contributed by atoms with Crippen LogP contribution >= 0.6 is 0 Å². The average molecular weight is 210 g/mol. The van der Waals surface area contributed by atoms with Crippen molar-refractivity contribution in [1.82, 2.24) is 0 Å². The van der Waals surface area contributed by atoms with Gasteiger partial charge >= 0.3 is 0 Å². The van der Waals surface area contributed by atoms with Gasteiger partial charge in [-0.05, 0) is 26.0 Å². The van der Waals surface area contributed by atoms with Gasteiger partial charge in [0.25, 0.3) is 0 Å². The molecule has 0 aliphatic heterocycles. The normalized spacial score (nSPS) is 9.80. The second-order valence-corrected chi connectivity index (χ2v) is 2.95. The summed E-state index contributed by atoms with van der Waals surface area (Å²) in [6.45, 7) is 3.30. The highest BCUT2D eigenvalue weighted by Gasteiger charge is 2.17. The Balaban J connectivity index is 3.37. The average Bonchev–Trinajstić information content (AvgIpc) is 2.18. The van der Waals surface area contributed by atoms with E-state index in [1.165, 1.54) is 19.1 Å². The van der Waals surface area contributed by atoms with E-state index >= 15 is 0 Å². The van der Waals surface area contributed by atoms with Gasteiger partial charge < -0.3 is 4.74 Å². The molecule has 0 aliphatic rings. The summed E-state index contributed by atoms with van der Waals surface area (Å²) >= 11 is 0. The Labute approximate surface area is 86.9 Å². The van der Waals surface area contributed by atoms with Crippen molar-refractivity contribution in [3.8, 4) is 5.75 Å². The Kier molecular flexibility index (Phi) is 3.55. The lowest BCUT2D eigenvalue weighted by molar-refractivity contribution is 0.101. The van der Waals surface area contributed by atoms with Gasteiger partial charge in [0.05, 0.1) is 17.7 Å². The number of ether oxygens (including phenoxy) is 1. The number of halogens is 1. The van der Waals surface area contributed by atoms with Crippen molar-refractivity contribution in [2.45, 2.75) is 13.8 Å². The van der Waals surface area contributed by atoms with Crippen LogP contribution in [0.2, 0.25) is 0 Å². The molecule has 0 N–H and O–H groups in total. The molecule has 4 heteroatoms. The first-order chi connectivity index (χ1) is 7.11. The summed E-state index contributed by atoms with van der Waals surface area (Å²) in [5.41, 5.74) is -0.301. The van der Waals surface area contributed by atoms with Gasteiger partial charge in [0.2, 0.25) is 0 Å². The fourth-order valence-corrected chi connectivity index (χ4v) is 1.27. The van der Waals surface area contributed by atoms with Gasteiger partial charge in [0.1, 0.15) is 11.6 Å². The lowest BCUT2D eigenvalue weighted by Gasteiger charge is -2.09.